The monoisotopic (exact) mass is 509 g/mol. The fraction of sp³-hybridized carbons (Fsp3) is 0.650. The molecule has 0 unspecified atom stereocenters. The molecule has 28 heavy (non-hydrogen) atoms. The van der Waals surface area contributed by atoms with Crippen molar-refractivity contribution in [2.75, 3.05) is 46.6 Å². The lowest BCUT2D eigenvalue weighted by molar-refractivity contribution is 0.128. The van der Waals surface area contributed by atoms with Crippen LogP contribution in [-0.2, 0) is 11.3 Å². The molecule has 0 aliphatic carbocycles. The first kappa shape index (κ1) is 26.7. The van der Waals surface area contributed by atoms with Crippen LogP contribution in [0.5, 0.6) is 11.5 Å². The van der Waals surface area contributed by atoms with Gasteiger partial charge in [-0.1, -0.05) is 19.9 Å². The number of rotatable bonds is 13. The van der Waals surface area contributed by atoms with E-state index < -0.39 is 0 Å². The molecule has 162 valence electrons. The highest BCUT2D eigenvalue weighted by Crippen LogP contribution is 2.28. The second kappa shape index (κ2) is 16.7. The Morgan fingerprint density at radius 3 is 2.57 bits per heavy atom. The Morgan fingerprint density at radius 2 is 1.93 bits per heavy atom. The van der Waals surface area contributed by atoms with Gasteiger partial charge in [-0.05, 0) is 37.0 Å². The summed E-state index contributed by atoms with van der Waals surface area (Å²) in [5, 5.41) is 15.4. The highest BCUT2D eigenvalue weighted by Gasteiger charge is 2.06. The number of methoxy groups -OCH3 is 1. The highest BCUT2D eigenvalue weighted by molar-refractivity contribution is 14.0. The largest absolute Gasteiger partial charge is 0.493 e. The van der Waals surface area contributed by atoms with Crippen molar-refractivity contribution in [3.05, 3.63) is 23.8 Å². The van der Waals surface area contributed by atoms with Crippen LogP contribution in [0.1, 0.15) is 32.8 Å². The first-order chi connectivity index (χ1) is 13.1. The van der Waals surface area contributed by atoms with E-state index in [-0.39, 0.29) is 37.2 Å². The molecule has 3 N–H and O–H groups in total. The maximum absolute atomic E-state index is 8.88. The molecule has 0 aliphatic heterocycles. The predicted octanol–water partition coefficient (Wildman–Crippen LogP) is 2.80. The van der Waals surface area contributed by atoms with E-state index >= 15 is 0 Å². The third kappa shape index (κ3) is 11.6. The van der Waals surface area contributed by atoms with E-state index in [1.807, 2.05) is 25.1 Å². The molecule has 0 bridgehead atoms. The van der Waals surface area contributed by atoms with Crippen molar-refractivity contribution in [2.45, 2.75) is 33.7 Å². The third-order valence-corrected chi connectivity index (χ3v) is 3.72. The van der Waals surface area contributed by atoms with E-state index in [0.29, 0.717) is 37.1 Å². The molecule has 8 heteroatoms. The van der Waals surface area contributed by atoms with E-state index in [1.165, 1.54) is 0 Å². The van der Waals surface area contributed by atoms with Gasteiger partial charge in [0.05, 0.1) is 26.9 Å². The van der Waals surface area contributed by atoms with Gasteiger partial charge in [0.1, 0.15) is 6.61 Å². The number of aliphatic imine (C=N–C) groups is 1. The number of hydrogen-bond donors (Lipinski definition) is 3. The van der Waals surface area contributed by atoms with Crippen LogP contribution in [0, 0.1) is 5.92 Å². The zero-order chi connectivity index (χ0) is 19.9. The minimum absolute atomic E-state index is 0. The van der Waals surface area contributed by atoms with Gasteiger partial charge in [0.25, 0.3) is 0 Å². The van der Waals surface area contributed by atoms with E-state index in [9.17, 15) is 0 Å². The van der Waals surface area contributed by atoms with Crippen LogP contribution in [0.15, 0.2) is 23.2 Å². The number of ether oxygens (including phenoxy) is 3. The van der Waals surface area contributed by atoms with Gasteiger partial charge in [-0.15, -0.1) is 24.0 Å². The van der Waals surface area contributed by atoms with E-state index in [0.717, 1.165) is 31.1 Å². The second-order valence-corrected chi connectivity index (χ2v) is 6.47. The van der Waals surface area contributed by atoms with Gasteiger partial charge in [-0.25, -0.2) is 4.99 Å². The van der Waals surface area contributed by atoms with Gasteiger partial charge in [0.15, 0.2) is 17.5 Å². The summed E-state index contributed by atoms with van der Waals surface area (Å²) >= 11 is 0. The Hall–Kier alpha value is -1.26. The fourth-order valence-electron chi connectivity index (χ4n) is 2.26. The zero-order valence-corrected chi connectivity index (χ0v) is 19.8. The summed E-state index contributed by atoms with van der Waals surface area (Å²) < 4.78 is 16.4. The molecular formula is C20H36IN3O4. The Morgan fingerprint density at radius 1 is 1.14 bits per heavy atom. The Balaban J connectivity index is 0.00000729. The number of aliphatic hydroxyl groups is 1. The summed E-state index contributed by atoms with van der Waals surface area (Å²) in [6, 6.07) is 5.67. The molecule has 0 spiro atoms. The summed E-state index contributed by atoms with van der Waals surface area (Å²) in [4.78, 5) is 4.60. The maximum Gasteiger partial charge on any atom is 0.191 e. The van der Waals surface area contributed by atoms with Crippen LogP contribution in [-0.4, -0.2) is 57.7 Å². The van der Waals surface area contributed by atoms with Gasteiger partial charge in [-0.3, -0.25) is 0 Å². The number of nitrogens with zero attached hydrogens (tertiary/aromatic N) is 1. The van der Waals surface area contributed by atoms with E-state index in [1.54, 1.807) is 7.11 Å². The first-order valence-corrected chi connectivity index (χ1v) is 9.61. The smallest absolute Gasteiger partial charge is 0.191 e. The molecule has 0 heterocycles. The molecule has 1 rings (SSSR count). The lowest BCUT2D eigenvalue weighted by Gasteiger charge is -2.13. The van der Waals surface area contributed by atoms with Crippen molar-refractivity contribution >= 4 is 29.9 Å². The number of benzene rings is 1. The molecule has 1 aromatic rings. The van der Waals surface area contributed by atoms with Crippen LogP contribution in [0.4, 0.5) is 0 Å². The van der Waals surface area contributed by atoms with Gasteiger partial charge in [-0.2, -0.15) is 0 Å². The van der Waals surface area contributed by atoms with Crippen molar-refractivity contribution in [1.82, 2.24) is 10.6 Å². The molecular weight excluding hydrogens is 473 g/mol. The summed E-state index contributed by atoms with van der Waals surface area (Å²) in [7, 11) is 1.60. The zero-order valence-electron chi connectivity index (χ0n) is 17.5. The average Bonchev–Trinajstić information content (AvgIpc) is 2.66. The third-order valence-electron chi connectivity index (χ3n) is 3.72. The van der Waals surface area contributed by atoms with Crippen LogP contribution >= 0.6 is 24.0 Å². The van der Waals surface area contributed by atoms with Crippen LogP contribution in [0.25, 0.3) is 0 Å². The molecule has 1 aromatic carbocycles. The molecule has 0 amide bonds. The minimum Gasteiger partial charge on any atom is -0.493 e. The average molecular weight is 509 g/mol. The summed E-state index contributed by atoms with van der Waals surface area (Å²) in [5.41, 5.74) is 1.01. The normalized spacial score (nSPS) is 11.1. The van der Waals surface area contributed by atoms with Crippen molar-refractivity contribution in [3.63, 3.8) is 0 Å². The fourth-order valence-corrected chi connectivity index (χ4v) is 2.26. The molecule has 0 fully saturated rings. The molecule has 0 atom stereocenters. The summed E-state index contributed by atoms with van der Waals surface area (Å²) in [6.07, 6.45) is 1.08. The molecule has 7 nitrogen and oxygen atoms in total. The molecule has 0 saturated carbocycles. The van der Waals surface area contributed by atoms with Gasteiger partial charge in [0.2, 0.25) is 0 Å². The van der Waals surface area contributed by atoms with Crippen molar-refractivity contribution in [1.29, 1.82) is 0 Å². The number of guanidine groups is 1. The number of halogens is 1. The number of hydrogen-bond acceptors (Lipinski definition) is 5. The number of nitrogens with one attached hydrogen (secondary N) is 2. The topological polar surface area (TPSA) is 84.3 Å². The first-order valence-electron chi connectivity index (χ1n) is 9.61. The van der Waals surface area contributed by atoms with Gasteiger partial charge < -0.3 is 30.0 Å². The molecule has 0 aromatic heterocycles. The lowest BCUT2D eigenvalue weighted by atomic mass is 10.1. The number of aliphatic hydroxyl groups excluding tert-OH is 1. The van der Waals surface area contributed by atoms with Gasteiger partial charge in [0, 0.05) is 19.7 Å². The van der Waals surface area contributed by atoms with Crippen molar-refractivity contribution in [3.8, 4) is 11.5 Å². The van der Waals surface area contributed by atoms with Crippen LogP contribution < -0.4 is 20.1 Å². The Bertz CT molecular complexity index is 556. The molecule has 0 aliphatic rings. The highest BCUT2D eigenvalue weighted by atomic mass is 127. The molecule has 0 saturated heterocycles. The summed E-state index contributed by atoms with van der Waals surface area (Å²) in [5.74, 6) is 2.66. The Kier molecular flexibility index (Phi) is 15.9. The SMILES string of the molecule is CCNC(=NCc1ccc(OCCO)c(OC)c1)NCCOCCC(C)C.I. The van der Waals surface area contributed by atoms with Crippen molar-refractivity contribution in [2.24, 2.45) is 10.9 Å². The van der Waals surface area contributed by atoms with Gasteiger partial charge >= 0.3 is 0 Å². The maximum atomic E-state index is 8.88. The van der Waals surface area contributed by atoms with Crippen molar-refractivity contribution < 1.29 is 19.3 Å². The lowest BCUT2D eigenvalue weighted by Crippen LogP contribution is -2.39. The van der Waals surface area contributed by atoms with E-state index in [4.69, 9.17) is 19.3 Å². The quantitative estimate of drug-likeness (QED) is 0.164. The van der Waals surface area contributed by atoms with Crippen LogP contribution in [0.3, 0.4) is 0 Å². The predicted molar refractivity (Wildman–Crippen MR) is 124 cm³/mol. The summed E-state index contributed by atoms with van der Waals surface area (Å²) in [6.45, 7) is 10.1. The molecule has 0 radical (unpaired) electrons. The standard InChI is InChI=1S/C20H35N3O4.HI/c1-5-21-20(22-9-12-26-11-8-16(2)3)23-15-17-6-7-18(27-13-10-24)19(14-17)25-4;/h6-7,14,16,24H,5,8-13,15H2,1-4H3,(H2,21,22,23);1H. The Labute approximate surface area is 186 Å². The second-order valence-electron chi connectivity index (χ2n) is 6.47. The van der Waals surface area contributed by atoms with Crippen LogP contribution in [0.2, 0.25) is 0 Å². The minimum atomic E-state index is -0.0336. The van der Waals surface area contributed by atoms with E-state index in [2.05, 4.69) is 29.5 Å².